The number of aromatic nitrogens is 1. The molecule has 23 heavy (non-hydrogen) atoms. The number of pyridine rings is 1. The Balaban J connectivity index is 2.42. The number of halogens is 2. The van der Waals surface area contributed by atoms with Crippen molar-refractivity contribution in [2.45, 2.75) is 19.0 Å². The second kappa shape index (κ2) is 7.42. The van der Waals surface area contributed by atoms with Crippen molar-refractivity contribution in [3.8, 4) is 0 Å². The lowest BCUT2D eigenvalue weighted by Gasteiger charge is -2.45. The summed E-state index contributed by atoms with van der Waals surface area (Å²) in [4.78, 5) is 31.3. The number of carbonyl (C=O) groups excluding carboxylic acids is 2. The van der Waals surface area contributed by atoms with Crippen molar-refractivity contribution in [1.29, 1.82) is 0 Å². The molecule has 0 radical (unpaired) electrons. The molecule has 2 amide bonds. The summed E-state index contributed by atoms with van der Waals surface area (Å²) in [7, 11) is 0. The van der Waals surface area contributed by atoms with E-state index in [0.717, 1.165) is 5.56 Å². The van der Waals surface area contributed by atoms with Crippen LogP contribution >= 0.6 is 27.5 Å². The van der Waals surface area contributed by atoms with Gasteiger partial charge >= 0.3 is 0 Å². The first kappa shape index (κ1) is 17.9. The highest BCUT2D eigenvalue weighted by molar-refractivity contribution is 9.10. The van der Waals surface area contributed by atoms with Gasteiger partial charge in [0.25, 0.3) is 0 Å². The molecule has 1 N–H and O–H groups in total. The molecular formula is C15H17BrClN3O3. The van der Waals surface area contributed by atoms with Gasteiger partial charge < -0.3 is 14.9 Å². The van der Waals surface area contributed by atoms with E-state index in [9.17, 15) is 14.7 Å². The third-order valence-electron chi connectivity index (χ3n) is 3.84. The average molecular weight is 403 g/mol. The van der Waals surface area contributed by atoms with Crippen LogP contribution in [0.3, 0.4) is 0 Å². The van der Waals surface area contributed by atoms with Crippen LogP contribution in [0.5, 0.6) is 0 Å². The second-order valence-electron chi connectivity index (χ2n) is 5.26. The Kier molecular flexibility index (Phi) is 5.78. The predicted octanol–water partition coefficient (Wildman–Crippen LogP) is 1.78. The molecule has 1 aliphatic heterocycles. The highest BCUT2D eigenvalue weighted by atomic mass is 79.9. The van der Waals surface area contributed by atoms with Crippen LogP contribution in [0.1, 0.15) is 18.5 Å². The molecule has 1 aromatic heterocycles. The molecule has 8 heteroatoms. The molecule has 124 valence electrons. The molecule has 2 rings (SSSR count). The fourth-order valence-corrected chi connectivity index (χ4v) is 3.51. The van der Waals surface area contributed by atoms with E-state index in [1.54, 1.807) is 17.0 Å². The quantitative estimate of drug-likeness (QED) is 0.618. The normalized spacial score (nSPS) is 21.2. The molecule has 0 spiro atoms. The molecule has 2 atom stereocenters. The zero-order valence-electron chi connectivity index (χ0n) is 12.6. The summed E-state index contributed by atoms with van der Waals surface area (Å²) >= 11 is 9.28. The van der Waals surface area contributed by atoms with Crippen molar-refractivity contribution in [3.05, 3.63) is 40.1 Å². The Labute approximate surface area is 147 Å². The van der Waals surface area contributed by atoms with Gasteiger partial charge in [-0.3, -0.25) is 9.59 Å². The number of piperazine rings is 1. The first-order chi connectivity index (χ1) is 10.9. The molecule has 0 aromatic carbocycles. The summed E-state index contributed by atoms with van der Waals surface area (Å²) in [5.74, 6) is -0.417. The summed E-state index contributed by atoms with van der Waals surface area (Å²) in [6, 6.07) is 2.61. The maximum Gasteiger partial charge on any atom is 0.246 e. The third kappa shape index (κ3) is 3.91. The van der Waals surface area contributed by atoms with Gasteiger partial charge in [0, 0.05) is 20.0 Å². The minimum absolute atomic E-state index is 0.136. The van der Waals surface area contributed by atoms with Gasteiger partial charge in [-0.25, -0.2) is 4.98 Å². The highest BCUT2D eigenvalue weighted by Crippen LogP contribution is 2.31. The molecule has 2 heterocycles. The van der Waals surface area contributed by atoms with Crippen molar-refractivity contribution < 1.29 is 14.7 Å². The van der Waals surface area contributed by atoms with Gasteiger partial charge in [-0.05, 0) is 39.7 Å². The monoisotopic (exact) mass is 401 g/mol. The van der Waals surface area contributed by atoms with Gasteiger partial charge in [0.2, 0.25) is 11.8 Å². The van der Waals surface area contributed by atoms with Gasteiger partial charge in [-0.1, -0.05) is 18.2 Å². The molecule has 1 fully saturated rings. The number of aliphatic hydroxyl groups is 1. The fourth-order valence-electron chi connectivity index (χ4n) is 2.74. The number of nitrogens with zero attached hydrogens (tertiary/aromatic N) is 3. The Morgan fingerprint density at radius 2 is 2.17 bits per heavy atom. The second-order valence-corrected chi connectivity index (χ2v) is 6.46. The van der Waals surface area contributed by atoms with Crippen LogP contribution < -0.4 is 0 Å². The number of carbonyl (C=O) groups is 2. The predicted molar refractivity (Wildman–Crippen MR) is 89.9 cm³/mol. The summed E-state index contributed by atoms with van der Waals surface area (Å²) < 4.78 is 0.550. The van der Waals surface area contributed by atoms with Crippen LogP contribution in [0.2, 0.25) is 5.15 Å². The van der Waals surface area contributed by atoms with Crippen molar-refractivity contribution in [3.63, 3.8) is 0 Å². The first-order valence-corrected chi connectivity index (χ1v) is 8.18. The van der Waals surface area contributed by atoms with Crippen LogP contribution in [-0.4, -0.2) is 57.4 Å². The maximum atomic E-state index is 12.1. The number of aliphatic hydroxyl groups excluding tert-OH is 1. The van der Waals surface area contributed by atoms with Gasteiger partial charge in [0.05, 0.1) is 18.7 Å². The fraction of sp³-hybridized carbons (Fsp3) is 0.400. The topological polar surface area (TPSA) is 73.7 Å². The molecule has 0 bridgehead atoms. The minimum atomic E-state index is -0.457. The van der Waals surface area contributed by atoms with Crippen molar-refractivity contribution >= 4 is 39.3 Å². The lowest BCUT2D eigenvalue weighted by molar-refractivity contribution is -0.144. The van der Waals surface area contributed by atoms with E-state index in [-0.39, 0.29) is 37.6 Å². The molecule has 0 aliphatic carbocycles. The molecule has 0 saturated carbocycles. The van der Waals surface area contributed by atoms with Crippen LogP contribution in [0.15, 0.2) is 29.4 Å². The van der Waals surface area contributed by atoms with Crippen LogP contribution in [0.25, 0.3) is 0 Å². The van der Waals surface area contributed by atoms with Crippen LogP contribution in [-0.2, 0) is 9.59 Å². The summed E-state index contributed by atoms with van der Waals surface area (Å²) in [5, 5.41) is 9.84. The lowest BCUT2D eigenvalue weighted by atomic mass is 10.00. The summed E-state index contributed by atoms with van der Waals surface area (Å²) in [6.45, 7) is 5.23. The van der Waals surface area contributed by atoms with E-state index >= 15 is 0 Å². The zero-order valence-corrected chi connectivity index (χ0v) is 14.9. The number of hydrogen-bond donors (Lipinski definition) is 1. The number of amides is 2. The number of hydrogen-bond acceptors (Lipinski definition) is 4. The summed E-state index contributed by atoms with van der Waals surface area (Å²) in [5.41, 5.74) is 0.769. The molecule has 6 nitrogen and oxygen atoms in total. The SMILES string of the molecule is C=CC(=O)N1CC(c2cc(Cl)nc(Br)c2)N(C(C)=O)CC1CO. The van der Waals surface area contributed by atoms with Gasteiger partial charge in [-0.2, -0.15) is 0 Å². The Morgan fingerprint density at radius 1 is 1.48 bits per heavy atom. The largest absolute Gasteiger partial charge is 0.394 e. The van der Waals surface area contributed by atoms with Gasteiger partial charge in [-0.15, -0.1) is 0 Å². The average Bonchev–Trinajstić information content (AvgIpc) is 2.51. The Morgan fingerprint density at radius 3 is 2.70 bits per heavy atom. The zero-order chi connectivity index (χ0) is 17.1. The van der Waals surface area contributed by atoms with E-state index in [0.29, 0.717) is 9.76 Å². The third-order valence-corrected chi connectivity index (χ3v) is 4.44. The maximum absolute atomic E-state index is 12.1. The Hall–Kier alpha value is -1.44. The van der Waals surface area contributed by atoms with E-state index in [1.165, 1.54) is 17.9 Å². The minimum Gasteiger partial charge on any atom is -0.394 e. The molecule has 1 aliphatic rings. The summed E-state index contributed by atoms with van der Waals surface area (Å²) in [6.07, 6.45) is 1.21. The lowest BCUT2D eigenvalue weighted by Crippen LogP contribution is -2.58. The van der Waals surface area contributed by atoms with Crippen LogP contribution in [0.4, 0.5) is 0 Å². The molecule has 1 aromatic rings. The number of rotatable bonds is 3. The van der Waals surface area contributed by atoms with Crippen LogP contribution in [0, 0.1) is 0 Å². The molecular weight excluding hydrogens is 386 g/mol. The van der Waals surface area contributed by atoms with E-state index in [2.05, 4.69) is 27.5 Å². The van der Waals surface area contributed by atoms with Gasteiger partial charge in [0.1, 0.15) is 9.76 Å². The Bertz CT molecular complexity index is 620. The highest BCUT2D eigenvalue weighted by Gasteiger charge is 2.37. The molecule has 1 saturated heterocycles. The van der Waals surface area contributed by atoms with E-state index in [4.69, 9.17) is 11.6 Å². The standard InChI is InChI=1S/C15H17BrClN3O3/c1-3-15(23)20-7-12(10-4-13(16)18-14(17)5-10)19(9(2)22)6-11(20)8-21/h3-5,11-12,21H,1,6-8H2,2H3. The van der Waals surface area contributed by atoms with Crippen molar-refractivity contribution in [2.75, 3.05) is 19.7 Å². The van der Waals surface area contributed by atoms with Crippen molar-refractivity contribution in [1.82, 2.24) is 14.8 Å². The van der Waals surface area contributed by atoms with E-state index < -0.39 is 6.04 Å². The van der Waals surface area contributed by atoms with E-state index in [1.807, 2.05) is 0 Å². The smallest absolute Gasteiger partial charge is 0.246 e. The molecule has 2 unspecified atom stereocenters. The van der Waals surface area contributed by atoms with Gasteiger partial charge in [0.15, 0.2) is 0 Å². The first-order valence-electron chi connectivity index (χ1n) is 7.01. The van der Waals surface area contributed by atoms with Crippen molar-refractivity contribution in [2.24, 2.45) is 0 Å².